The predicted molar refractivity (Wildman–Crippen MR) is 83.4 cm³/mol. The first kappa shape index (κ1) is 15.4. The normalized spacial score (nSPS) is 17.1. The third-order valence-electron chi connectivity index (χ3n) is 3.83. The maximum atomic E-state index is 5.64. The minimum Gasteiger partial charge on any atom is -0.491 e. The zero-order valence-corrected chi connectivity index (χ0v) is 12.8. The SMILES string of the molecule is CCCCCCCCCc1ccc(OCC2CO2)cc1. The van der Waals surface area contributed by atoms with Gasteiger partial charge < -0.3 is 9.47 Å². The highest BCUT2D eigenvalue weighted by Crippen LogP contribution is 2.17. The number of ether oxygens (including phenoxy) is 2. The Kier molecular flexibility index (Phi) is 6.93. The number of epoxide rings is 1. The highest BCUT2D eigenvalue weighted by molar-refractivity contribution is 5.27. The first-order valence-corrected chi connectivity index (χ1v) is 8.22. The monoisotopic (exact) mass is 276 g/mol. The van der Waals surface area contributed by atoms with E-state index < -0.39 is 0 Å². The Morgan fingerprint density at radius 2 is 1.65 bits per heavy atom. The van der Waals surface area contributed by atoms with E-state index in [1.807, 2.05) is 0 Å². The highest BCUT2D eigenvalue weighted by Gasteiger charge is 2.22. The van der Waals surface area contributed by atoms with Crippen molar-refractivity contribution in [3.05, 3.63) is 29.8 Å². The van der Waals surface area contributed by atoms with Crippen LogP contribution in [-0.2, 0) is 11.2 Å². The molecule has 0 radical (unpaired) electrons. The first-order valence-electron chi connectivity index (χ1n) is 8.22. The van der Waals surface area contributed by atoms with E-state index in [0.717, 1.165) is 12.4 Å². The van der Waals surface area contributed by atoms with Crippen molar-refractivity contribution < 1.29 is 9.47 Å². The lowest BCUT2D eigenvalue weighted by Crippen LogP contribution is -2.03. The van der Waals surface area contributed by atoms with Crippen LogP contribution in [0.2, 0.25) is 0 Å². The molecular weight excluding hydrogens is 248 g/mol. The van der Waals surface area contributed by atoms with Crippen molar-refractivity contribution in [2.45, 2.75) is 64.4 Å². The fourth-order valence-corrected chi connectivity index (χ4v) is 2.39. The van der Waals surface area contributed by atoms with E-state index in [9.17, 15) is 0 Å². The second kappa shape index (κ2) is 9.02. The molecule has 1 unspecified atom stereocenters. The molecule has 0 saturated carbocycles. The van der Waals surface area contributed by atoms with Gasteiger partial charge in [0.05, 0.1) is 6.61 Å². The van der Waals surface area contributed by atoms with Gasteiger partial charge in [-0.25, -0.2) is 0 Å². The van der Waals surface area contributed by atoms with Gasteiger partial charge in [0.15, 0.2) is 0 Å². The van der Waals surface area contributed by atoms with E-state index >= 15 is 0 Å². The van der Waals surface area contributed by atoms with Crippen molar-refractivity contribution >= 4 is 0 Å². The van der Waals surface area contributed by atoms with Gasteiger partial charge in [-0.1, -0.05) is 57.6 Å². The summed E-state index contributed by atoms with van der Waals surface area (Å²) in [7, 11) is 0. The van der Waals surface area contributed by atoms with Crippen LogP contribution < -0.4 is 4.74 Å². The van der Waals surface area contributed by atoms with Gasteiger partial charge in [-0.05, 0) is 30.5 Å². The molecule has 0 aromatic heterocycles. The Morgan fingerprint density at radius 1 is 1.00 bits per heavy atom. The standard InChI is InChI=1S/C18H28O2/c1-2-3-4-5-6-7-8-9-16-10-12-17(13-11-16)19-14-18-15-20-18/h10-13,18H,2-9,14-15H2,1H3. The number of benzene rings is 1. The largest absolute Gasteiger partial charge is 0.491 e. The van der Waals surface area contributed by atoms with Crippen LogP contribution in [0.4, 0.5) is 0 Å². The van der Waals surface area contributed by atoms with Crippen LogP contribution in [0, 0.1) is 0 Å². The minimum atomic E-state index is 0.336. The minimum absolute atomic E-state index is 0.336. The van der Waals surface area contributed by atoms with E-state index in [2.05, 4.69) is 31.2 Å². The second-order valence-electron chi connectivity index (χ2n) is 5.78. The average molecular weight is 276 g/mol. The van der Waals surface area contributed by atoms with Crippen LogP contribution >= 0.6 is 0 Å². The maximum absolute atomic E-state index is 5.64. The van der Waals surface area contributed by atoms with Gasteiger partial charge in [-0.15, -0.1) is 0 Å². The Labute approximate surface area is 123 Å². The van der Waals surface area contributed by atoms with Crippen molar-refractivity contribution in [1.82, 2.24) is 0 Å². The van der Waals surface area contributed by atoms with Crippen LogP contribution in [-0.4, -0.2) is 19.3 Å². The van der Waals surface area contributed by atoms with Crippen LogP contribution in [0.5, 0.6) is 5.75 Å². The summed E-state index contributed by atoms with van der Waals surface area (Å²) in [6.07, 6.45) is 11.1. The molecule has 112 valence electrons. The molecule has 1 aromatic carbocycles. The van der Waals surface area contributed by atoms with Gasteiger partial charge in [-0.3, -0.25) is 0 Å². The van der Waals surface area contributed by atoms with Gasteiger partial charge in [0.25, 0.3) is 0 Å². The zero-order chi connectivity index (χ0) is 14.0. The molecule has 1 aliphatic heterocycles. The summed E-state index contributed by atoms with van der Waals surface area (Å²) in [4.78, 5) is 0. The average Bonchev–Trinajstić information content (AvgIpc) is 3.30. The van der Waals surface area contributed by atoms with E-state index in [-0.39, 0.29) is 0 Å². The fourth-order valence-electron chi connectivity index (χ4n) is 2.39. The summed E-state index contributed by atoms with van der Waals surface area (Å²) in [6, 6.07) is 8.55. The Morgan fingerprint density at radius 3 is 2.30 bits per heavy atom. The molecule has 1 aromatic rings. The fraction of sp³-hybridized carbons (Fsp3) is 0.667. The van der Waals surface area contributed by atoms with Gasteiger partial charge in [0.1, 0.15) is 18.5 Å². The Bertz CT molecular complexity index is 354. The van der Waals surface area contributed by atoms with E-state index in [1.165, 1.54) is 56.9 Å². The number of aryl methyl sites for hydroxylation is 1. The molecule has 2 rings (SSSR count). The van der Waals surface area contributed by atoms with Crippen molar-refractivity contribution in [1.29, 1.82) is 0 Å². The number of hydrogen-bond acceptors (Lipinski definition) is 2. The molecule has 0 N–H and O–H groups in total. The van der Waals surface area contributed by atoms with Crippen molar-refractivity contribution in [2.24, 2.45) is 0 Å². The lowest BCUT2D eigenvalue weighted by molar-refractivity contribution is 0.263. The molecule has 0 amide bonds. The lowest BCUT2D eigenvalue weighted by Gasteiger charge is -2.06. The summed E-state index contributed by atoms with van der Waals surface area (Å²) in [6.45, 7) is 3.82. The van der Waals surface area contributed by atoms with Gasteiger partial charge in [-0.2, -0.15) is 0 Å². The van der Waals surface area contributed by atoms with Crippen molar-refractivity contribution in [3.63, 3.8) is 0 Å². The first-order chi connectivity index (χ1) is 9.88. The molecule has 20 heavy (non-hydrogen) atoms. The molecule has 0 spiro atoms. The molecule has 1 fully saturated rings. The summed E-state index contributed by atoms with van der Waals surface area (Å²) in [5.74, 6) is 0.962. The summed E-state index contributed by atoms with van der Waals surface area (Å²) in [5.41, 5.74) is 1.42. The van der Waals surface area contributed by atoms with Crippen molar-refractivity contribution in [2.75, 3.05) is 13.2 Å². The summed E-state index contributed by atoms with van der Waals surface area (Å²) >= 11 is 0. The van der Waals surface area contributed by atoms with Gasteiger partial charge >= 0.3 is 0 Å². The third kappa shape index (κ3) is 6.42. The molecule has 1 atom stereocenters. The predicted octanol–water partition coefficient (Wildman–Crippen LogP) is 4.76. The topological polar surface area (TPSA) is 21.8 Å². The van der Waals surface area contributed by atoms with Crippen LogP contribution in [0.3, 0.4) is 0 Å². The van der Waals surface area contributed by atoms with Crippen LogP contribution in [0.15, 0.2) is 24.3 Å². The Hall–Kier alpha value is -1.02. The highest BCUT2D eigenvalue weighted by atomic mass is 16.6. The summed E-state index contributed by atoms with van der Waals surface area (Å²) in [5, 5.41) is 0. The van der Waals surface area contributed by atoms with Gasteiger partial charge in [0, 0.05) is 0 Å². The van der Waals surface area contributed by atoms with Gasteiger partial charge in [0.2, 0.25) is 0 Å². The molecule has 1 heterocycles. The van der Waals surface area contributed by atoms with E-state index in [4.69, 9.17) is 9.47 Å². The molecule has 2 nitrogen and oxygen atoms in total. The molecule has 0 aliphatic carbocycles. The van der Waals surface area contributed by atoms with Crippen LogP contribution in [0.25, 0.3) is 0 Å². The molecule has 0 bridgehead atoms. The number of rotatable bonds is 11. The maximum Gasteiger partial charge on any atom is 0.119 e. The molecule has 1 aliphatic rings. The zero-order valence-electron chi connectivity index (χ0n) is 12.8. The second-order valence-corrected chi connectivity index (χ2v) is 5.78. The quantitative estimate of drug-likeness (QED) is 0.429. The van der Waals surface area contributed by atoms with Crippen LogP contribution in [0.1, 0.15) is 57.4 Å². The molecule has 2 heteroatoms. The Balaban J connectivity index is 1.53. The summed E-state index contributed by atoms with van der Waals surface area (Å²) < 4.78 is 10.8. The smallest absolute Gasteiger partial charge is 0.119 e. The van der Waals surface area contributed by atoms with E-state index in [0.29, 0.717) is 12.7 Å². The van der Waals surface area contributed by atoms with Crippen molar-refractivity contribution in [3.8, 4) is 5.75 Å². The number of unbranched alkanes of at least 4 members (excludes halogenated alkanes) is 6. The molecular formula is C18H28O2. The molecule has 1 saturated heterocycles. The third-order valence-corrected chi connectivity index (χ3v) is 3.83. The number of hydrogen-bond donors (Lipinski definition) is 0. The van der Waals surface area contributed by atoms with E-state index in [1.54, 1.807) is 0 Å². The lowest BCUT2D eigenvalue weighted by atomic mass is 10.0.